The van der Waals surface area contributed by atoms with E-state index in [4.69, 9.17) is 0 Å². The van der Waals surface area contributed by atoms with Crippen LogP contribution >= 0.6 is 11.8 Å². The van der Waals surface area contributed by atoms with Crippen LogP contribution in [0.4, 0.5) is 5.69 Å². The molecule has 1 aromatic carbocycles. The number of nitrogens with one attached hydrogen (secondary N) is 1. The van der Waals surface area contributed by atoms with Gasteiger partial charge in [-0.1, -0.05) is 31.5 Å². The van der Waals surface area contributed by atoms with Gasteiger partial charge in [-0.15, -0.1) is 11.8 Å². The maximum atomic E-state index is 11.7. The van der Waals surface area contributed by atoms with Crippen LogP contribution in [-0.4, -0.2) is 10.9 Å². The summed E-state index contributed by atoms with van der Waals surface area (Å²) >= 11 is 1.69. The van der Waals surface area contributed by atoms with Gasteiger partial charge in [-0.3, -0.25) is 4.79 Å². The predicted octanol–water partition coefficient (Wildman–Crippen LogP) is 4.50. The van der Waals surface area contributed by atoms with Crippen LogP contribution in [0, 0.1) is 0 Å². The predicted molar refractivity (Wildman–Crippen MR) is 88.4 cm³/mol. The fourth-order valence-electron chi connectivity index (χ4n) is 1.89. The number of anilines is 1. The summed E-state index contributed by atoms with van der Waals surface area (Å²) in [5.41, 5.74) is 2.05. The molecule has 0 saturated heterocycles. The zero-order chi connectivity index (χ0) is 14.9. The summed E-state index contributed by atoms with van der Waals surface area (Å²) in [7, 11) is 0. The highest BCUT2D eigenvalue weighted by Crippen LogP contribution is 2.22. The lowest BCUT2D eigenvalue weighted by Gasteiger charge is -2.07. The zero-order valence-corrected chi connectivity index (χ0v) is 13.0. The van der Waals surface area contributed by atoms with Crippen molar-refractivity contribution in [2.75, 3.05) is 5.32 Å². The van der Waals surface area contributed by atoms with Crippen molar-refractivity contribution in [2.45, 2.75) is 37.0 Å². The molecule has 1 heterocycles. The van der Waals surface area contributed by atoms with E-state index in [0.717, 1.165) is 29.3 Å². The van der Waals surface area contributed by atoms with Crippen LogP contribution in [0.15, 0.2) is 53.7 Å². The van der Waals surface area contributed by atoms with E-state index in [9.17, 15) is 4.79 Å². The van der Waals surface area contributed by atoms with Gasteiger partial charge in [0, 0.05) is 24.1 Å². The quantitative estimate of drug-likeness (QED) is 0.765. The highest BCUT2D eigenvalue weighted by atomic mass is 32.2. The first-order chi connectivity index (χ1) is 10.3. The zero-order valence-electron chi connectivity index (χ0n) is 12.2. The van der Waals surface area contributed by atoms with Gasteiger partial charge in [0.2, 0.25) is 5.91 Å². The lowest BCUT2D eigenvalue weighted by atomic mass is 10.2. The van der Waals surface area contributed by atoms with E-state index in [1.807, 2.05) is 36.4 Å². The van der Waals surface area contributed by atoms with Gasteiger partial charge in [0.05, 0.1) is 5.03 Å². The molecule has 110 valence electrons. The van der Waals surface area contributed by atoms with Crippen molar-refractivity contribution in [3.8, 4) is 0 Å². The number of thioether (sulfide) groups is 1. The Kier molecular flexibility index (Phi) is 6.28. The summed E-state index contributed by atoms with van der Waals surface area (Å²) < 4.78 is 0. The molecule has 0 fully saturated rings. The minimum Gasteiger partial charge on any atom is -0.326 e. The first kappa shape index (κ1) is 15.6. The molecule has 0 aliphatic carbocycles. The van der Waals surface area contributed by atoms with Crippen LogP contribution in [-0.2, 0) is 10.5 Å². The Morgan fingerprint density at radius 1 is 1.24 bits per heavy atom. The monoisotopic (exact) mass is 300 g/mol. The van der Waals surface area contributed by atoms with E-state index in [1.165, 1.54) is 5.56 Å². The third-order valence-corrected chi connectivity index (χ3v) is 4.01. The Morgan fingerprint density at radius 2 is 2.14 bits per heavy atom. The van der Waals surface area contributed by atoms with Gasteiger partial charge in [-0.2, -0.15) is 0 Å². The van der Waals surface area contributed by atoms with E-state index in [1.54, 1.807) is 18.0 Å². The van der Waals surface area contributed by atoms with E-state index < -0.39 is 0 Å². The Labute approximate surface area is 130 Å². The van der Waals surface area contributed by atoms with E-state index in [0.29, 0.717) is 6.42 Å². The molecular weight excluding hydrogens is 280 g/mol. The minimum atomic E-state index is 0.0892. The minimum absolute atomic E-state index is 0.0892. The van der Waals surface area contributed by atoms with Gasteiger partial charge in [-0.25, -0.2) is 4.98 Å². The molecule has 2 rings (SSSR count). The molecule has 21 heavy (non-hydrogen) atoms. The first-order valence-corrected chi connectivity index (χ1v) is 8.19. The number of carbonyl (C=O) groups excluding carboxylic acids is 1. The number of aromatic nitrogens is 1. The van der Waals surface area contributed by atoms with Crippen molar-refractivity contribution in [1.82, 2.24) is 4.98 Å². The molecule has 3 nitrogen and oxygen atoms in total. The van der Waals surface area contributed by atoms with Gasteiger partial charge in [0.1, 0.15) is 0 Å². The first-order valence-electron chi connectivity index (χ1n) is 7.20. The number of amides is 1. The summed E-state index contributed by atoms with van der Waals surface area (Å²) in [4.78, 5) is 16.0. The number of benzene rings is 1. The standard InChI is InChI=1S/C17H20N2OS/c1-2-3-9-16(20)19-15-8-6-7-14(12-15)13-21-17-10-4-5-11-18-17/h4-8,10-12H,2-3,9,13H2,1H3,(H,19,20). The molecule has 2 aromatic rings. The van der Waals surface area contributed by atoms with Crippen molar-refractivity contribution >= 4 is 23.4 Å². The lowest BCUT2D eigenvalue weighted by molar-refractivity contribution is -0.116. The number of hydrogen-bond acceptors (Lipinski definition) is 3. The smallest absolute Gasteiger partial charge is 0.224 e. The molecule has 0 radical (unpaired) electrons. The second-order valence-corrected chi connectivity index (χ2v) is 5.80. The molecule has 1 N–H and O–H groups in total. The highest BCUT2D eigenvalue weighted by molar-refractivity contribution is 7.98. The summed E-state index contributed by atoms with van der Waals surface area (Å²) in [6.07, 6.45) is 4.35. The summed E-state index contributed by atoms with van der Waals surface area (Å²) in [5.74, 6) is 0.932. The van der Waals surface area contributed by atoms with Crippen LogP contribution < -0.4 is 5.32 Å². The maximum absolute atomic E-state index is 11.7. The number of hydrogen-bond donors (Lipinski definition) is 1. The van der Waals surface area contributed by atoms with Gasteiger partial charge >= 0.3 is 0 Å². The molecule has 0 unspecified atom stereocenters. The van der Waals surface area contributed by atoms with Crippen LogP contribution in [0.2, 0.25) is 0 Å². The molecule has 0 aliphatic heterocycles. The normalized spacial score (nSPS) is 10.3. The van der Waals surface area contributed by atoms with E-state index in [2.05, 4.69) is 23.3 Å². The summed E-state index contributed by atoms with van der Waals surface area (Å²) in [5, 5.41) is 3.96. The van der Waals surface area contributed by atoms with Crippen LogP contribution in [0.25, 0.3) is 0 Å². The molecule has 0 saturated carbocycles. The molecule has 0 spiro atoms. The fraction of sp³-hybridized carbons (Fsp3) is 0.294. The third kappa shape index (κ3) is 5.60. The van der Waals surface area contributed by atoms with E-state index in [-0.39, 0.29) is 5.91 Å². The molecule has 1 amide bonds. The Balaban J connectivity index is 1.90. The molecule has 1 aromatic heterocycles. The fourth-order valence-corrected chi connectivity index (χ4v) is 2.69. The average molecular weight is 300 g/mol. The highest BCUT2D eigenvalue weighted by Gasteiger charge is 2.03. The van der Waals surface area contributed by atoms with Crippen molar-refractivity contribution in [3.63, 3.8) is 0 Å². The number of rotatable bonds is 7. The number of nitrogens with zero attached hydrogens (tertiary/aromatic N) is 1. The average Bonchev–Trinajstić information content (AvgIpc) is 2.52. The molecule has 0 atom stereocenters. The van der Waals surface area contributed by atoms with E-state index >= 15 is 0 Å². The number of unbranched alkanes of at least 4 members (excludes halogenated alkanes) is 1. The number of pyridine rings is 1. The van der Waals surface area contributed by atoms with Crippen LogP contribution in [0.5, 0.6) is 0 Å². The van der Waals surface area contributed by atoms with Crippen molar-refractivity contribution in [3.05, 3.63) is 54.2 Å². The largest absolute Gasteiger partial charge is 0.326 e. The van der Waals surface area contributed by atoms with Gasteiger partial charge < -0.3 is 5.32 Å². The van der Waals surface area contributed by atoms with Crippen LogP contribution in [0.1, 0.15) is 31.7 Å². The molecule has 4 heteroatoms. The summed E-state index contributed by atoms with van der Waals surface area (Å²) in [6.45, 7) is 2.09. The van der Waals surface area contributed by atoms with Crippen molar-refractivity contribution in [1.29, 1.82) is 0 Å². The van der Waals surface area contributed by atoms with Gasteiger partial charge in [0.15, 0.2) is 0 Å². The molecule has 0 bridgehead atoms. The Hall–Kier alpha value is -1.81. The van der Waals surface area contributed by atoms with Gasteiger partial charge in [-0.05, 0) is 36.2 Å². The topological polar surface area (TPSA) is 42.0 Å². The lowest BCUT2D eigenvalue weighted by Crippen LogP contribution is -2.10. The van der Waals surface area contributed by atoms with Crippen molar-refractivity contribution in [2.24, 2.45) is 0 Å². The molecular formula is C17H20N2OS. The SMILES string of the molecule is CCCCC(=O)Nc1cccc(CSc2ccccn2)c1. The number of carbonyl (C=O) groups is 1. The maximum Gasteiger partial charge on any atom is 0.224 e. The second-order valence-electron chi connectivity index (χ2n) is 4.81. The van der Waals surface area contributed by atoms with Gasteiger partial charge in [0.25, 0.3) is 0 Å². The Morgan fingerprint density at radius 3 is 2.90 bits per heavy atom. The Bertz CT molecular complexity index is 572. The third-order valence-electron chi connectivity index (χ3n) is 2.99. The second kappa shape index (κ2) is 8.47. The summed E-state index contributed by atoms with van der Waals surface area (Å²) in [6, 6.07) is 13.9. The van der Waals surface area contributed by atoms with Crippen molar-refractivity contribution < 1.29 is 4.79 Å². The van der Waals surface area contributed by atoms with Crippen LogP contribution in [0.3, 0.4) is 0 Å². The molecule has 0 aliphatic rings.